The zero-order chi connectivity index (χ0) is 20.1. The van der Waals surface area contributed by atoms with Gasteiger partial charge in [0.2, 0.25) is 5.91 Å². The molecule has 1 aliphatic heterocycles. The molecule has 3 rings (SSSR count). The summed E-state index contributed by atoms with van der Waals surface area (Å²) >= 11 is 5.84. The fourth-order valence-electron chi connectivity index (χ4n) is 2.93. The number of rotatable bonds is 6. The second-order valence-corrected chi connectivity index (χ2v) is 9.19. The molecule has 7 nitrogen and oxygen atoms in total. The summed E-state index contributed by atoms with van der Waals surface area (Å²) in [5.41, 5.74) is 1.49. The van der Waals surface area contributed by atoms with E-state index in [1.807, 2.05) is 0 Å². The smallest absolute Gasteiger partial charge is 0.257 e. The maximum Gasteiger partial charge on any atom is 0.257 e. The van der Waals surface area contributed by atoms with Gasteiger partial charge in [-0.3, -0.25) is 9.59 Å². The predicted octanol–water partition coefficient (Wildman–Crippen LogP) is 2.31. The predicted molar refractivity (Wildman–Crippen MR) is 110 cm³/mol. The Morgan fingerprint density at radius 2 is 1.79 bits per heavy atom. The van der Waals surface area contributed by atoms with Gasteiger partial charge in [-0.25, -0.2) is 8.42 Å². The van der Waals surface area contributed by atoms with E-state index < -0.39 is 9.84 Å². The summed E-state index contributed by atoms with van der Waals surface area (Å²) in [5, 5.41) is 8.99. The van der Waals surface area contributed by atoms with Crippen molar-refractivity contribution in [2.75, 3.05) is 28.7 Å². The minimum atomic E-state index is -3.05. The number of sulfone groups is 1. The number of hydrogen-bond acceptors (Lipinski definition) is 5. The van der Waals surface area contributed by atoms with Crippen molar-refractivity contribution in [3.05, 3.63) is 59.1 Å². The van der Waals surface area contributed by atoms with Crippen molar-refractivity contribution in [2.45, 2.75) is 12.5 Å². The van der Waals surface area contributed by atoms with Gasteiger partial charge in [-0.05, 0) is 42.8 Å². The molecular weight excluding hydrogens is 402 g/mol. The monoisotopic (exact) mass is 421 g/mol. The number of anilines is 2. The van der Waals surface area contributed by atoms with E-state index in [0.717, 1.165) is 0 Å². The normalized spacial score (nSPS) is 17.7. The van der Waals surface area contributed by atoms with Gasteiger partial charge in [-0.15, -0.1) is 0 Å². The number of amides is 2. The van der Waals surface area contributed by atoms with Gasteiger partial charge >= 0.3 is 0 Å². The Morgan fingerprint density at radius 3 is 2.46 bits per heavy atom. The van der Waals surface area contributed by atoms with E-state index in [1.165, 1.54) is 0 Å². The van der Waals surface area contributed by atoms with Gasteiger partial charge in [-0.2, -0.15) is 0 Å². The Bertz CT molecular complexity index is 977. The summed E-state index contributed by atoms with van der Waals surface area (Å²) < 4.78 is 22.9. The first-order chi connectivity index (χ1) is 13.3. The zero-order valence-corrected chi connectivity index (χ0v) is 16.5. The number of para-hydroxylation sites is 1. The second-order valence-electron chi connectivity index (χ2n) is 6.53. The summed E-state index contributed by atoms with van der Waals surface area (Å²) in [6.07, 6.45) is 0.425. The number of nitrogens with one attached hydrogen (secondary N) is 3. The minimum Gasteiger partial charge on any atom is -0.376 e. The molecule has 0 radical (unpaired) electrons. The van der Waals surface area contributed by atoms with Gasteiger partial charge in [0.15, 0.2) is 9.84 Å². The first-order valence-electron chi connectivity index (χ1n) is 8.72. The number of benzene rings is 2. The molecule has 2 aromatic carbocycles. The van der Waals surface area contributed by atoms with Crippen LogP contribution in [0.15, 0.2) is 48.5 Å². The molecule has 28 heavy (non-hydrogen) atoms. The molecule has 0 spiro atoms. The van der Waals surface area contributed by atoms with Crippen LogP contribution in [0.2, 0.25) is 5.02 Å². The highest BCUT2D eigenvalue weighted by Crippen LogP contribution is 2.19. The number of carbonyl (C=O) groups is 2. The van der Waals surface area contributed by atoms with Gasteiger partial charge in [0.25, 0.3) is 5.91 Å². The van der Waals surface area contributed by atoms with Crippen LogP contribution in [-0.4, -0.2) is 44.3 Å². The maximum absolute atomic E-state index is 12.6. The Morgan fingerprint density at radius 1 is 1.07 bits per heavy atom. The molecule has 0 bridgehead atoms. The van der Waals surface area contributed by atoms with E-state index in [1.54, 1.807) is 48.5 Å². The van der Waals surface area contributed by atoms with E-state index >= 15 is 0 Å². The van der Waals surface area contributed by atoms with E-state index in [-0.39, 0.29) is 35.9 Å². The number of hydrogen-bond donors (Lipinski definition) is 3. The SMILES string of the molecule is O=C(CNc1ccccc1C(=O)Nc1ccc(Cl)cc1)NC1CCS(=O)(=O)C1. The van der Waals surface area contributed by atoms with Crippen LogP contribution < -0.4 is 16.0 Å². The molecule has 2 aromatic rings. The van der Waals surface area contributed by atoms with Crippen molar-refractivity contribution in [3.8, 4) is 0 Å². The Hall–Kier alpha value is -2.58. The Labute approximate surface area is 168 Å². The van der Waals surface area contributed by atoms with Crippen molar-refractivity contribution in [3.63, 3.8) is 0 Å². The van der Waals surface area contributed by atoms with Crippen molar-refractivity contribution < 1.29 is 18.0 Å². The lowest BCUT2D eigenvalue weighted by atomic mass is 10.1. The highest BCUT2D eigenvalue weighted by molar-refractivity contribution is 7.91. The molecule has 2 amide bonds. The molecule has 1 atom stereocenters. The largest absolute Gasteiger partial charge is 0.376 e. The maximum atomic E-state index is 12.6. The molecular formula is C19H20ClN3O4S. The minimum absolute atomic E-state index is 0.0289. The standard InChI is InChI=1S/C19H20ClN3O4S/c20-13-5-7-14(8-6-13)23-19(25)16-3-1-2-4-17(16)21-11-18(24)22-15-9-10-28(26,27)12-15/h1-8,15,21H,9-12H2,(H,22,24)(H,23,25). The van der Waals surface area contributed by atoms with Crippen LogP contribution in [0.25, 0.3) is 0 Å². The first-order valence-corrected chi connectivity index (χ1v) is 10.9. The topological polar surface area (TPSA) is 104 Å². The van der Waals surface area contributed by atoms with Crippen molar-refractivity contribution in [2.24, 2.45) is 0 Å². The molecule has 1 aliphatic rings. The van der Waals surface area contributed by atoms with Crippen LogP contribution in [-0.2, 0) is 14.6 Å². The fourth-order valence-corrected chi connectivity index (χ4v) is 4.73. The quantitative estimate of drug-likeness (QED) is 0.663. The highest BCUT2D eigenvalue weighted by Gasteiger charge is 2.28. The van der Waals surface area contributed by atoms with Crippen molar-refractivity contribution in [1.29, 1.82) is 0 Å². The van der Waals surface area contributed by atoms with Gasteiger partial charge in [-0.1, -0.05) is 23.7 Å². The average Bonchev–Trinajstić information content (AvgIpc) is 3.00. The van der Waals surface area contributed by atoms with Crippen LogP contribution in [0.5, 0.6) is 0 Å². The fraction of sp³-hybridized carbons (Fsp3) is 0.263. The lowest BCUT2D eigenvalue weighted by molar-refractivity contribution is -0.119. The van der Waals surface area contributed by atoms with E-state index in [4.69, 9.17) is 11.6 Å². The summed E-state index contributed by atoms with van der Waals surface area (Å²) in [5.74, 6) is -0.583. The van der Waals surface area contributed by atoms with Gasteiger partial charge in [0, 0.05) is 22.4 Å². The van der Waals surface area contributed by atoms with Crippen LogP contribution in [0.3, 0.4) is 0 Å². The summed E-state index contributed by atoms with van der Waals surface area (Å²) in [7, 11) is -3.05. The van der Waals surface area contributed by atoms with Gasteiger partial charge < -0.3 is 16.0 Å². The van der Waals surface area contributed by atoms with Crippen LogP contribution >= 0.6 is 11.6 Å². The van der Waals surface area contributed by atoms with Crippen LogP contribution in [0, 0.1) is 0 Å². The Balaban J connectivity index is 1.59. The summed E-state index contributed by atoms with van der Waals surface area (Å²) in [6, 6.07) is 13.2. The number of carbonyl (C=O) groups excluding carboxylic acids is 2. The van der Waals surface area contributed by atoms with Crippen molar-refractivity contribution in [1.82, 2.24) is 5.32 Å². The van der Waals surface area contributed by atoms with Gasteiger partial charge in [0.1, 0.15) is 0 Å². The molecule has 1 heterocycles. The molecule has 148 valence electrons. The summed E-state index contributed by atoms with van der Waals surface area (Å²) in [6.45, 7) is -0.0677. The third-order valence-electron chi connectivity index (χ3n) is 4.31. The summed E-state index contributed by atoms with van der Waals surface area (Å²) in [4.78, 5) is 24.7. The van der Waals surface area contributed by atoms with Crippen LogP contribution in [0.4, 0.5) is 11.4 Å². The van der Waals surface area contributed by atoms with Gasteiger partial charge in [0.05, 0.1) is 23.6 Å². The zero-order valence-electron chi connectivity index (χ0n) is 14.9. The first kappa shape index (κ1) is 20.2. The Kier molecular flexibility index (Phi) is 6.21. The van der Waals surface area contributed by atoms with E-state index in [9.17, 15) is 18.0 Å². The second kappa shape index (κ2) is 8.62. The molecule has 9 heteroatoms. The molecule has 1 unspecified atom stereocenters. The van der Waals surface area contributed by atoms with Crippen molar-refractivity contribution >= 4 is 44.6 Å². The molecule has 0 saturated carbocycles. The molecule has 1 saturated heterocycles. The lowest BCUT2D eigenvalue weighted by Crippen LogP contribution is -2.39. The third-order valence-corrected chi connectivity index (χ3v) is 6.33. The molecule has 1 fully saturated rings. The lowest BCUT2D eigenvalue weighted by Gasteiger charge is -2.14. The molecule has 3 N–H and O–H groups in total. The third kappa shape index (κ3) is 5.46. The average molecular weight is 422 g/mol. The van der Waals surface area contributed by atoms with Crippen LogP contribution in [0.1, 0.15) is 16.8 Å². The molecule has 0 aromatic heterocycles. The highest BCUT2D eigenvalue weighted by atomic mass is 35.5. The number of halogens is 1. The van der Waals surface area contributed by atoms with E-state index in [0.29, 0.717) is 28.4 Å². The molecule has 0 aliphatic carbocycles. The van der Waals surface area contributed by atoms with E-state index in [2.05, 4.69) is 16.0 Å².